The van der Waals surface area contributed by atoms with Crippen molar-refractivity contribution in [2.75, 3.05) is 6.61 Å². The minimum Gasteiger partial charge on any atom is -0.463 e. The van der Waals surface area contributed by atoms with Gasteiger partial charge >= 0.3 is 11.9 Å². The van der Waals surface area contributed by atoms with Crippen molar-refractivity contribution in [2.24, 2.45) is 0 Å². The van der Waals surface area contributed by atoms with Crippen LogP contribution in [0.2, 0.25) is 0 Å². The Morgan fingerprint density at radius 1 is 1.24 bits per heavy atom. The summed E-state index contributed by atoms with van der Waals surface area (Å²) in [5.74, 6) is -1.33. The van der Waals surface area contributed by atoms with Crippen LogP contribution in [0.5, 0.6) is 0 Å². The van der Waals surface area contributed by atoms with Crippen LogP contribution in [0.3, 0.4) is 0 Å². The summed E-state index contributed by atoms with van der Waals surface area (Å²) in [6.45, 7) is 7.23. The number of esters is 2. The molecule has 134 valence electrons. The van der Waals surface area contributed by atoms with Crippen LogP contribution in [0.4, 0.5) is 4.39 Å². The number of hydrogen-bond donors (Lipinski definition) is 0. The molecule has 1 aromatic heterocycles. The number of halogens is 1. The van der Waals surface area contributed by atoms with Gasteiger partial charge in [0.15, 0.2) is 0 Å². The summed E-state index contributed by atoms with van der Waals surface area (Å²) in [7, 11) is 0. The molecule has 6 heteroatoms. The molecule has 0 saturated heterocycles. The summed E-state index contributed by atoms with van der Waals surface area (Å²) in [6, 6.07) is 6.09. The number of rotatable bonds is 5. The summed E-state index contributed by atoms with van der Waals surface area (Å²) in [5.41, 5.74) is 0.514. The van der Waals surface area contributed by atoms with Crippen LogP contribution in [0.25, 0.3) is 17.0 Å². The third-order valence-corrected chi connectivity index (χ3v) is 3.28. The first-order valence-electron chi connectivity index (χ1n) is 8.05. The van der Waals surface area contributed by atoms with Gasteiger partial charge in [-0.15, -0.1) is 0 Å². The summed E-state index contributed by atoms with van der Waals surface area (Å²) in [5, 5.41) is 0.758. The smallest absolute Gasteiger partial charge is 0.330 e. The van der Waals surface area contributed by atoms with Crippen LogP contribution in [0, 0.1) is 5.82 Å². The number of ether oxygens (including phenoxy) is 2. The van der Waals surface area contributed by atoms with Gasteiger partial charge in [0, 0.05) is 17.2 Å². The summed E-state index contributed by atoms with van der Waals surface area (Å²) in [6.07, 6.45) is 2.82. The minimum atomic E-state index is -0.619. The van der Waals surface area contributed by atoms with Gasteiger partial charge in [-0.2, -0.15) is 0 Å². The highest BCUT2D eigenvalue weighted by molar-refractivity contribution is 5.90. The van der Waals surface area contributed by atoms with Crippen molar-refractivity contribution >= 4 is 28.9 Å². The zero-order chi connectivity index (χ0) is 18.6. The lowest BCUT2D eigenvalue weighted by Crippen LogP contribution is -2.26. The summed E-state index contributed by atoms with van der Waals surface area (Å²) < 4.78 is 25.4. The van der Waals surface area contributed by atoms with Crippen LogP contribution in [0.15, 0.2) is 30.3 Å². The fourth-order valence-electron chi connectivity index (χ4n) is 2.41. The van der Waals surface area contributed by atoms with Crippen molar-refractivity contribution in [1.29, 1.82) is 0 Å². The standard InChI is InChI=1S/C19H22FNO4/c1-5-24-17(22)9-8-15-10-13-6-7-14(20)11-16(13)21(15)12-18(23)25-19(2,3)4/h6-11H,5,12H2,1-4H3/b9-8+. The zero-order valence-electron chi connectivity index (χ0n) is 14.8. The van der Waals surface area contributed by atoms with Crippen molar-refractivity contribution in [2.45, 2.75) is 39.8 Å². The van der Waals surface area contributed by atoms with Crippen molar-refractivity contribution in [3.8, 4) is 0 Å². The molecule has 0 bridgehead atoms. The van der Waals surface area contributed by atoms with Gasteiger partial charge < -0.3 is 14.0 Å². The maximum atomic E-state index is 13.6. The van der Waals surface area contributed by atoms with Crippen LogP contribution < -0.4 is 0 Å². The normalized spacial score (nSPS) is 11.9. The number of carbonyl (C=O) groups is 2. The highest BCUT2D eigenvalue weighted by atomic mass is 19.1. The monoisotopic (exact) mass is 347 g/mol. The molecule has 0 aliphatic heterocycles. The van der Waals surface area contributed by atoms with Crippen LogP contribution in [-0.2, 0) is 25.6 Å². The molecular formula is C19H22FNO4. The number of benzene rings is 1. The molecule has 0 aliphatic rings. The zero-order valence-corrected chi connectivity index (χ0v) is 14.8. The first-order chi connectivity index (χ1) is 11.7. The molecular weight excluding hydrogens is 325 g/mol. The Morgan fingerprint density at radius 2 is 1.96 bits per heavy atom. The van der Waals surface area contributed by atoms with E-state index in [-0.39, 0.29) is 13.2 Å². The third kappa shape index (κ3) is 5.17. The molecule has 0 aliphatic carbocycles. The molecule has 0 spiro atoms. The Labute approximate surface area is 146 Å². The topological polar surface area (TPSA) is 57.5 Å². The molecule has 0 fully saturated rings. The van der Waals surface area contributed by atoms with Gasteiger partial charge in [-0.1, -0.05) is 0 Å². The SMILES string of the molecule is CCOC(=O)/C=C/c1cc2ccc(F)cc2n1CC(=O)OC(C)(C)C. The van der Waals surface area contributed by atoms with E-state index in [1.54, 1.807) is 50.5 Å². The van der Waals surface area contributed by atoms with Gasteiger partial charge in [-0.25, -0.2) is 9.18 Å². The molecule has 1 aromatic carbocycles. The van der Waals surface area contributed by atoms with Gasteiger partial charge in [0.2, 0.25) is 0 Å². The molecule has 25 heavy (non-hydrogen) atoms. The second-order valence-corrected chi connectivity index (χ2v) is 6.53. The van der Waals surface area contributed by atoms with Crippen molar-refractivity contribution in [3.63, 3.8) is 0 Å². The molecule has 5 nitrogen and oxygen atoms in total. The van der Waals surface area contributed by atoms with Crippen LogP contribution in [-0.4, -0.2) is 28.7 Å². The van der Waals surface area contributed by atoms with E-state index in [0.717, 1.165) is 5.39 Å². The van der Waals surface area contributed by atoms with Gasteiger partial charge in [0.1, 0.15) is 18.0 Å². The van der Waals surface area contributed by atoms with E-state index in [9.17, 15) is 14.0 Å². The lowest BCUT2D eigenvalue weighted by molar-refractivity contribution is -0.155. The van der Waals surface area contributed by atoms with E-state index in [1.165, 1.54) is 18.2 Å². The fraction of sp³-hybridized carbons (Fsp3) is 0.368. The second kappa shape index (κ2) is 7.51. The molecule has 0 unspecified atom stereocenters. The lowest BCUT2D eigenvalue weighted by atomic mass is 10.2. The fourth-order valence-corrected chi connectivity index (χ4v) is 2.41. The van der Waals surface area contributed by atoms with Gasteiger partial charge in [0.25, 0.3) is 0 Å². The molecule has 2 aromatic rings. The number of carbonyl (C=O) groups excluding carboxylic acids is 2. The number of fused-ring (bicyclic) bond motifs is 1. The van der Waals surface area contributed by atoms with Crippen LogP contribution in [0.1, 0.15) is 33.4 Å². The first-order valence-corrected chi connectivity index (χ1v) is 8.05. The van der Waals surface area contributed by atoms with E-state index in [0.29, 0.717) is 11.2 Å². The average molecular weight is 347 g/mol. The summed E-state index contributed by atoms with van der Waals surface area (Å²) >= 11 is 0. The number of hydrogen-bond acceptors (Lipinski definition) is 4. The van der Waals surface area contributed by atoms with Gasteiger partial charge in [0.05, 0.1) is 12.1 Å². The Bertz CT molecular complexity index is 815. The molecule has 1 heterocycles. The Hall–Kier alpha value is -2.63. The molecule has 0 radical (unpaired) electrons. The van der Waals surface area contributed by atoms with E-state index in [4.69, 9.17) is 9.47 Å². The Kier molecular flexibility index (Phi) is 5.62. The maximum absolute atomic E-state index is 13.6. The molecule has 0 amide bonds. The number of aromatic nitrogens is 1. The molecule has 2 rings (SSSR count). The largest absolute Gasteiger partial charge is 0.463 e. The predicted octanol–water partition coefficient (Wildman–Crippen LogP) is 3.70. The van der Waals surface area contributed by atoms with Crippen molar-refractivity contribution < 1.29 is 23.5 Å². The number of nitrogens with zero attached hydrogens (tertiary/aromatic N) is 1. The van der Waals surface area contributed by atoms with Gasteiger partial charge in [-0.3, -0.25) is 4.79 Å². The predicted molar refractivity (Wildman–Crippen MR) is 93.4 cm³/mol. The average Bonchev–Trinajstić information content (AvgIpc) is 2.81. The molecule has 0 atom stereocenters. The Morgan fingerprint density at radius 3 is 2.60 bits per heavy atom. The maximum Gasteiger partial charge on any atom is 0.330 e. The third-order valence-electron chi connectivity index (χ3n) is 3.28. The van der Waals surface area contributed by atoms with E-state index in [2.05, 4.69) is 0 Å². The van der Waals surface area contributed by atoms with Crippen molar-refractivity contribution in [3.05, 3.63) is 41.9 Å². The Balaban J connectivity index is 2.39. The highest BCUT2D eigenvalue weighted by Gasteiger charge is 2.18. The second-order valence-electron chi connectivity index (χ2n) is 6.53. The van der Waals surface area contributed by atoms with E-state index >= 15 is 0 Å². The molecule has 0 N–H and O–H groups in total. The minimum absolute atomic E-state index is 0.0906. The van der Waals surface area contributed by atoms with Crippen LogP contribution >= 0.6 is 0 Å². The molecule has 0 saturated carbocycles. The van der Waals surface area contributed by atoms with E-state index < -0.39 is 23.4 Å². The van der Waals surface area contributed by atoms with E-state index in [1.807, 2.05) is 0 Å². The van der Waals surface area contributed by atoms with Crippen molar-refractivity contribution in [1.82, 2.24) is 4.57 Å². The first kappa shape index (κ1) is 18.7. The quantitative estimate of drug-likeness (QED) is 0.611. The highest BCUT2D eigenvalue weighted by Crippen LogP contribution is 2.23. The lowest BCUT2D eigenvalue weighted by Gasteiger charge is -2.20. The van der Waals surface area contributed by atoms with Gasteiger partial charge in [-0.05, 0) is 58.0 Å². The summed E-state index contributed by atoms with van der Waals surface area (Å²) in [4.78, 5) is 23.7.